The average Bonchev–Trinajstić information content (AvgIpc) is 3.17. The van der Waals surface area contributed by atoms with Crippen LogP contribution < -0.4 is 0 Å². The van der Waals surface area contributed by atoms with Crippen molar-refractivity contribution in [1.29, 1.82) is 0 Å². The predicted octanol–water partition coefficient (Wildman–Crippen LogP) is 8.73. The van der Waals surface area contributed by atoms with Gasteiger partial charge in [-0.15, -0.1) is 0 Å². The van der Waals surface area contributed by atoms with Crippen molar-refractivity contribution < 1.29 is 4.42 Å². The summed E-state index contributed by atoms with van der Waals surface area (Å²) in [5.74, 6) is 0. The number of fused-ring (bicyclic) bond motifs is 4. The summed E-state index contributed by atoms with van der Waals surface area (Å²) in [6.07, 6.45) is 0. The van der Waals surface area contributed by atoms with Crippen LogP contribution in [0.5, 0.6) is 0 Å². The van der Waals surface area contributed by atoms with Gasteiger partial charge in [-0.1, -0.05) is 90.5 Å². The van der Waals surface area contributed by atoms with E-state index in [0.717, 1.165) is 38.6 Å². The van der Waals surface area contributed by atoms with Gasteiger partial charge in [0.1, 0.15) is 11.2 Å². The fourth-order valence-corrected chi connectivity index (χ4v) is 4.59. The Hall–Kier alpha value is -3.55. The summed E-state index contributed by atoms with van der Waals surface area (Å²) in [5.41, 5.74) is 6.17. The zero-order chi connectivity index (χ0) is 20.1. The molecule has 142 valence electrons. The molecule has 0 saturated heterocycles. The first-order valence-electron chi connectivity index (χ1n) is 9.97. The van der Waals surface area contributed by atoms with E-state index < -0.39 is 0 Å². The molecular formula is C28H17ClO. The van der Waals surface area contributed by atoms with Gasteiger partial charge in [0.25, 0.3) is 0 Å². The lowest BCUT2D eigenvalue weighted by Gasteiger charge is -2.11. The molecule has 2 heteroatoms. The standard InChI is InChI=1S/C28H17ClO/c29-21-16-19(23-11-5-8-18-7-1-2-9-22(18)23)15-20(17-21)24-12-6-13-26-25-10-3-4-14-27(25)30-28(24)26/h1-17H. The van der Waals surface area contributed by atoms with E-state index in [1.54, 1.807) is 0 Å². The molecule has 0 aliphatic heterocycles. The largest absolute Gasteiger partial charge is 0.455 e. The van der Waals surface area contributed by atoms with Crippen molar-refractivity contribution in [3.63, 3.8) is 0 Å². The van der Waals surface area contributed by atoms with E-state index >= 15 is 0 Å². The van der Waals surface area contributed by atoms with Crippen LogP contribution in [0.15, 0.2) is 108 Å². The fourth-order valence-electron chi connectivity index (χ4n) is 4.35. The highest BCUT2D eigenvalue weighted by Gasteiger charge is 2.14. The van der Waals surface area contributed by atoms with E-state index in [0.29, 0.717) is 5.02 Å². The zero-order valence-electron chi connectivity index (χ0n) is 16.1. The summed E-state index contributed by atoms with van der Waals surface area (Å²) in [4.78, 5) is 0. The summed E-state index contributed by atoms with van der Waals surface area (Å²) in [6.45, 7) is 0. The number of benzene rings is 5. The SMILES string of the molecule is Clc1cc(-c2cccc3ccccc23)cc(-c2cccc3c2oc2ccccc23)c1. The van der Waals surface area contributed by atoms with E-state index in [2.05, 4.69) is 72.8 Å². The molecule has 30 heavy (non-hydrogen) atoms. The van der Waals surface area contributed by atoms with Gasteiger partial charge in [0.05, 0.1) is 0 Å². The number of furan rings is 1. The van der Waals surface area contributed by atoms with Crippen LogP contribution in [0.3, 0.4) is 0 Å². The number of halogens is 1. The highest BCUT2D eigenvalue weighted by Crippen LogP contribution is 2.39. The maximum Gasteiger partial charge on any atom is 0.143 e. The van der Waals surface area contributed by atoms with Gasteiger partial charge in [0, 0.05) is 21.4 Å². The molecule has 1 nitrogen and oxygen atoms in total. The molecule has 0 N–H and O–H groups in total. The van der Waals surface area contributed by atoms with Gasteiger partial charge in [0.2, 0.25) is 0 Å². The Morgan fingerprint density at radius 2 is 1.17 bits per heavy atom. The minimum Gasteiger partial charge on any atom is -0.455 e. The molecule has 0 spiro atoms. The van der Waals surface area contributed by atoms with Crippen molar-refractivity contribution in [3.05, 3.63) is 108 Å². The van der Waals surface area contributed by atoms with Crippen LogP contribution in [0.2, 0.25) is 5.02 Å². The highest BCUT2D eigenvalue weighted by atomic mass is 35.5. The van der Waals surface area contributed by atoms with Crippen LogP contribution in [0, 0.1) is 0 Å². The van der Waals surface area contributed by atoms with Crippen LogP contribution in [0.1, 0.15) is 0 Å². The second-order valence-corrected chi connectivity index (χ2v) is 7.97. The molecule has 5 aromatic carbocycles. The van der Waals surface area contributed by atoms with Gasteiger partial charge in [-0.2, -0.15) is 0 Å². The van der Waals surface area contributed by atoms with Gasteiger partial charge in [-0.3, -0.25) is 0 Å². The molecule has 0 bridgehead atoms. The normalized spacial score (nSPS) is 11.5. The molecule has 0 aliphatic rings. The van der Waals surface area contributed by atoms with Crippen LogP contribution in [-0.2, 0) is 0 Å². The molecule has 1 aromatic heterocycles. The third-order valence-electron chi connectivity index (χ3n) is 5.71. The van der Waals surface area contributed by atoms with Crippen molar-refractivity contribution in [1.82, 2.24) is 0 Å². The minimum atomic E-state index is 0.712. The lowest BCUT2D eigenvalue weighted by Crippen LogP contribution is -1.85. The van der Waals surface area contributed by atoms with Crippen LogP contribution >= 0.6 is 11.6 Å². The molecule has 1 heterocycles. The molecule has 0 radical (unpaired) electrons. The molecular weight excluding hydrogens is 388 g/mol. The van der Waals surface area contributed by atoms with Gasteiger partial charge >= 0.3 is 0 Å². The van der Waals surface area contributed by atoms with Crippen LogP contribution in [0.25, 0.3) is 55.0 Å². The molecule has 0 aliphatic carbocycles. The van der Waals surface area contributed by atoms with Crippen LogP contribution in [-0.4, -0.2) is 0 Å². The van der Waals surface area contributed by atoms with Crippen molar-refractivity contribution in [3.8, 4) is 22.3 Å². The molecule has 0 atom stereocenters. The summed E-state index contributed by atoms with van der Waals surface area (Å²) in [6, 6.07) is 35.5. The maximum absolute atomic E-state index is 6.60. The Labute approximate surface area is 179 Å². The molecule has 0 unspecified atom stereocenters. The van der Waals surface area contributed by atoms with Crippen molar-refractivity contribution in [2.45, 2.75) is 0 Å². The number of hydrogen-bond acceptors (Lipinski definition) is 1. The van der Waals surface area contributed by atoms with Crippen LogP contribution in [0.4, 0.5) is 0 Å². The molecule has 6 rings (SSSR count). The van der Waals surface area contributed by atoms with E-state index in [-0.39, 0.29) is 0 Å². The second-order valence-electron chi connectivity index (χ2n) is 7.54. The quantitative estimate of drug-likeness (QED) is 0.281. The zero-order valence-corrected chi connectivity index (χ0v) is 16.9. The van der Waals surface area contributed by atoms with Crippen molar-refractivity contribution in [2.24, 2.45) is 0 Å². The van der Waals surface area contributed by atoms with E-state index in [1.165, 1.54) is 16.3 Å². The van der Waals surface area contributed by atoms with Gasteiger partial charge in [-0.05, 0) is 51.7 Å². The molecule has 6 aromatic rings. The van der Waals surface area contributed by atoms with Gasteiger partial charge < -0.3 is 4.42 Å². The molecule has 0 saturated carbocycles. The molecule has 0 fully saturated rings. The maximum atomic E-state index is 6.60. The Morgan fingerprint density at radius 3 is 2.07 bits per heavy atom. The van der Waals surface area contributed by atoms with E-state index in [9.17, 15) is 0 Å². The number of hydrogen-bond donors (Lipinski definition) is 0. The Balaban J connectivity index is 1.61. The summed E-state index contributed by atoms with van der Waals surface area (Å²) in [7, 11) is 0. The monoisotopic (exact) mass is 404 g/mol. The number of para-hydroxylation sites is 2. The fraction of sp³-hybridized carbons (Fsp3) is 0. The van der Waals surface area contributed by atoms with Gasteiger partial charge in [0.15, 0.2) is 0 Å². The summed E-state index contributed by atoms with van der Waals surface area (Å²) >= 11 is 6.60. The first-order valence-corrected chi connectivity index (χ1v) is 10.3. The molecule has 0 amide bonds. The van der Waals surface area contributed by atoms with E-state index in [4.69, 9.17) is 16.0 Å². The summed E-state index contributed by atoms with van der Waals surface area (Å²) < 4.78 is 6.25. The summed E-state index contributed by atoms with van der Waals surface area (Å²) in [5, 5.41) is 5.40. The van der Waals surface area contributed by atoms with E-state index in [1.807, 2.05) is 30.3 Å². The Morgan fingerprint density at radius 1 is 0.533 bits per heavy atom. The average molecular weight is 405 g/mol. The number of rotatable bonds is 2. The van der Waals surface area contributed by atoms with Gasteiger partial charge in [-0.25, -0.2) is 0 Å². The first kappa shape index (κ1) is 17.3. The van der Waals surface area contributed by atoms with Crippen molar-refractivity contribution >= 4 is 44.3 Å². The topological polar surface area (TPSA) is 13.1 Å². The third-order valence-corrected chi connectivity index (χ3v) is 5.93. The Kier molecular flexibility index (Phi) is 3.90. The minimum absolute atomic E-state index is 0.712. The highest BCUT2D eigenvalue weighted by molar-refractivity contribution is 6.31. The predicted molar refractivity (Wildman–Crippen MR) is 127 cm³/mol. The smallest absolute Gasteiger partial charge is 0.143 e. The third kappa shape index (κ3) is 2.71. The lowest BCUT2D eigenvalue weighted by atomic mass is 9.94. The lowest BCUT2D eigenvalue weighted by molar-refractivity contribution is 0.670. The first-order chi connectivity index (χ1) is 14.8. The van der Waals surface area contributed by atoms with Crippen molar-refractivity contribution in [2.75, 3.05) is 0 Å². The second kappa shape index (κ2) is 6.76. The Bertz CT molecular complexity index is 1550.